The molecule has 1 N–H and O–H groups in total. The summed E-state index contributed by atoms with van der Waals surface area (Å²) in [5.41, 5.74) is 1.67. The van der Waals surface area contributed by atoms with Gasteiger partial charge >= 0.3 is 0 Å². The summed E-state index contributed by atoms with van der Waals surface area (Å²) in [6, 6.07) is 17.2. The molecular formula is C21H16N2O3S. The number of ketones is 1. The molecule has 0 aliphatic carbocycles. The molecular weight excluding hydrogens is 360 g/mol. The van der Waals surface area contributed by atoms with Gasteiger partial charge in [0.2, 0.25) is 0 Å². The van der Waals surface area contributed by atoms with E-state index in [0.717, 1.165) is 4.88 Å². The molecule has 134 valence electrons. The van der Waals surface area contributed by atoms with E-state index in [1.807, 2.05) is 23.6 Å². The molecule has 5 nitrogen and oxygen atoms in total. The molecule has 27 heavy (non-hydrogen) atoms. The number of ether oxygens (including phenoxy) is 1. The first-order valence-corrected chi connectivity index (χ1v) is 9.06. The smallest absolute Gasteiger partial charge is 0.255 e. The van der Waals surface area contributed by atoms with E-state index >= 15 is 0 Å². The molecule has 1 amide bonds. The van der Waals surface area contributed by atoms with Crippen LogP contribution < -0.4 is 10.1 Å². The van der Waals surface area contributed by atoms with Gasteiger partial charge in [-0.25, -0.2) is 0 Å². The zero-order valence-electron chi connectivity index (χ0n) is 14.6. The molecule has 6 heteroatoms. The minimum Gasteiger partial charge on any atom is -0.488 e. The summed E-state index contributed by atoms with van der Waals surface area (Å²) < 4.78 is 5.73. The minimum atomic E-state index is -0.353. The topological polar surface area (TPSA) is 79.2 Å². The van der Waals surface area contributed by atoms with Gasteiger partial charge in [-0.05, 0) is 60.8 Å². The molecule has 0 spiro atoms. The third-order valence-electron chi connectivity index (χ3n) is 3.86. The van der Waals surface area contributed by atoms with Crippen LogP contribution in [-0.4, -0.2) is 11.7 Å². The van der Waals surface area contributed by atoms with E-state index in [1.54, 1.807) is 53.8 Å². The first-order valence-electron chi connectivity index (χ1n) is 8.18. The van der Waals surface area contributed by atoms with E-state index in [0.29, 0.717) is 34.7 Å². The maximum absolute atomic E-state index is 12.4. The molecule has 0 radical (unpaired) electrons. The van der Waals surface area contributed by atoms with Gasteiger partial charge in [0.05, 0.1) is 17.3 Å². The van der Waals surface area contributed by atoms with Crippen molar-refractivity contribution in [1.82, 2.24) is 0 Å². The van der Waals surface area contributed by atoms with Crippen LogP contribution in [0.4, 0.5) is 5.69 Å². The van der Waals surface area contributed by atoms with Crippen LogP contribution in [0, 0.1) is 11.3 Å². The molecule has 3 aromatic rings. The highest BCUT2D eigenvalue weighted by molar-refractivity contribution is 7.09. The van der Waals surface area contributed by atoms with Crippen molar-refractivity contribution < 1.29 is 14.3 Å². The number of carbonyl (C=O) groups excluding carboxylic acids is 2. The van der Waals surface area contributed by atoms with Crippen LogP contribution in [0.2, 0.25) is 0 Å². The lowest BCUT2D eigenvalue weighted by molar-refractivity contribution is 0.101. The molecule has 3 rings (SSSR count). The van der Waals surface area contributed by atoms with Gasteiger partial charge in [0.25, 0.3) is 5.91 Å². The van der Waals surface area contributed by atoms with Crippen molar-refractivity contribution >= 4 is 28.7 Å². The number of nitrogens with zero attached hydrogens (tertiary/aromatic N) is 1. The lowest BCUT2D eigenvalue weighted by Gasteiger charge is -2.12. The predicted molar refractivity (Wildman–Crippen MR) is 104 cm³/mol. The number of carbonyl (C=O) groups is 2. The average molecular weight is 376 g/mol. The fourth-order valence-corrected chi connectivity index (χ4v) is 3.07. The van der Waals surface area contributed by atoms with Crippen LogP contribution in [0.15, 0.2) is 60.0 Å². The SMILES string of the molecule is CC(=O)c1cc(OCc2cccs2)ccc1NC(=O)c1ccc(C#N)cc1. The zero-order valence-corrected chi connectivity index (χ0v) is 15.4. The molecule has 1 heterocycles. The number of benzene rings is 2. The number of thiophene rings is 1. The largest absolute Gasteiger partial charge is 0.488 e. The van der Waals surface area contributed by atoms with Gasteiger partial charge in [0, 0.05) is 16.0 Å². The molecule has 0 aliphatic heterocycles. The summed E-state index contributed by atoms with van der Waals surface area (Å²) in [6.07, 6.45) is 0. The summed E-state index contributed by atoms with van der Waals surface area (Å²) in [4.78, 5) is 25.5. The van der Waals surface area contributed by atoms with E-state index in [2.05, 4.69) is 5.32 Å². The Kier molecular flexibility index (Phi) is 5.64. The quantitative estimate of drug-likeness (QED) is 0.635. The molecule has 1 aromatic heterocycles. The van der Waals surface area contributed by atoms with Crippen molar-refractivity contribution in [3.63, 3.8) is 0 Å². The number of hydrogen-bond donors (Lipinski definition) is 1. The van der Waals surface area contributed by atoms with Crippen molar-refractivity contribution in [3.05, 3.63) is 81.5 Å². The molecule has 0 unspecified atom stereocenters. The van der Waals surface area contributed by atoms with Gasteiger partial charge in [-0.2, -0.15) is 5.26 Å². The van der Waals surface area contributed by atoms with E-state index in [-0.39, 0.29) is 11.7 Å². The zero-order chi connectivity index (χ0) is 19.2. The van der Waals surface area contributed by atoms with Crippen molar-refractivity contribution in [2.24, 2.45) is 0 Å². The Bertz CT molecular complexity index is 1000. The van der Waals surface area contributed by atoms with Gasteiger partial charge < -0.3 is 10.1 Å². The van der Waals surface area contributed by atoms with Crippen molar-refractivity contribution in [1.29, 1.82) is 5.26 Å². The van der Waals surface area contributed by atoms with Gasteiger partial charge in [0.1, 0.15) is 12.4 Å². The standard InChI is InChI=1S/C21H16N2O3S/c1-14(24)19-11-17(26-13-18-3-2-10-27-18)8-9-20(19)23-21(25)16-6-4-15(12-22)5-7-16/h2-11H,13H2,1H3,(H,23,25). The fourth-order valence-electron chi connectivity index (χ4n) is 2.45. The average Bonchev–Trinajstić information content (AvgIpc) is 3.20. The van der Waals surface area contributed by atoms with Crippen LogP contribution in [0.5, 0.6) is 5.75 Å². The second kappa shape index (κ2) is 8.30. The fraction of sp³-hybridized carbons (Fsp3) is 0.0952. The minimum absolute atomic E-state index is 0.174. The van der Waals surface area contributed by atoms with E-state index in [1.165, 1.54) is 6.92 Å². The summed E-state index contributed by atoms with van der Waals surface area (Å²) in [6.45, 7) is 1.86. The number of rotatable bonds is 6. The van der Waals surface area contributed by atoms with Gasteiger partial charge in [-0.1, -0.05) is 6.07 Å². The second-order valence-corrected chi connectivity index (χ2v) is 6.81. The van der Waals surface area contributed by atoms with E-state index in [9.17, 15) is 9.59 Å². The number of nitrogens with one attached hydrogen (secondary N) is 1. The Labute approximate surface area is 160 Å². The highest BCUT2D eigenvalue weighted by atomic mass is 32.1. The number of nitriles is 1. The third-order valence-corrected chi connectivity index (χ3v) is 4.71. The molecule has 0 saturated carbocycles. The summed E-state index contributed by atoms with van der Waals surface area (Å²) in [7, 11) is 0. The van der Waals surface area contributed by atoms with Gasteiger partial charge in [0.15, 0.2) is 5.78 Å². The molecule has 0 fully saturated rings. The summed E-state index contributed by atoms with van der Waals surface area (Å²) in [5.74, 6) is 0.0333. The Morgan fingerprint density at radius 3 is 2.56 bits per heavy atom. The van der Waals surface area contributed by atoms with Gasteiger partial charge in [-0.15, -0.1) is 11.3 Å². The van der Waals surface area contributed by atoms with Crippen molar-refractivity contribution in [3.8, 4) is 11.8 Å². The molecule has 0 bridgehead atoms. The maximum Gasteiger partial charge on any atom is 0.255 e. The van der Waals surface area contributed by atoms with Crippen LogP contribution in [0.1, 0.15) is 38.1 Å². The molecule has 2 aromatic carbocycles. The number of hydrogen-bond acceptors (Lipinski definition) is 5. The monoisotopic (exact) mass is 376 g/mol. The van der Waals surface area contributed by atoms with E-state index in [4.69, 9.17) is 10.00 Å². The Hall–Kier alpha value is -3.43. The number of amides is 1. The number of anilines is 1. The Balaban J connectivity index is 1.76. The molecule has 0 saturated heterocycles. The van der Waals surface area contributed by atoms with Crippen LogP contribution >= 0.6 is 11.3 Å². The Morgan fingerprint density at radius 1 is 1.15 bits per heavy atom. The lowest BCUT2D eigenvalue weighted by Crippen LogP contribution is -2.14. The summed E-state index contributed by atoms with van der Waals surface area (Å²) >= 11 is 1.60. The second-order valence-electron chi connectivity index (χ2n) is 5.77. The van der Waals surface area contributed by atoms with Crippen molar-refractivity contribution in [2.45, 2.75) is 13.5 Å². The van der Waals surface area contributed by atoms with Crippen LogP contribution in [-0.2, 0) is 6.61 Å². The third kappa shape index (κ3) is 4.60. The Morgan fingerprint density at radius 2 is 1.93 bits per heavy atom. The normalized spacial score (nSPS) is 10.1. The molecule has 0 atom stereocenters. The highest BCUT2D eigenvalue weighted by Crippen LogP contribution is 2.25. The number of Topliss-reactive ketones (excluding diaryl/α,β-unsaturated/α-hetero) is 1. The first kappa shape index (κ1) is 18.4. The van der Waals surface area contributed by atoms with Crippen LogP contribution in [0.25, 0.3) is 0 Å². The van der Waals surface area contributed by atoms with Crippen LogP contribution in [0.3, 0.4) is 0 Å². The maximum atomic E-state index is 12.4. The lowest BCUT2D eigenvalue weighted by atomic mass is 10.1. The molecule has 0 aliphatic rings. The van der Waals surface area contributed by atoms with Gasteiger partial charge in [-0.3, -0.25) is 9.59 Å². The summed E-state index contributed by atoms with van der Waals surface area (Å²) in [5, 5.41) is 13.6. The van der Waals surface area contributed by atoms with Crippen molar-refractivity contribution in [2.75, 3.05) is 5.32 Å². The highest BCUT2D eigenvalue weighted by Gasteiger charge is 2.13. The first-order chi connectivity index (χ1) is 13.1. The van der Waals surface area contributed by atoms with E-state index < -0.39 is 0 Å². The predicted octanol–water partition coefficient (Wildman–Crippen LogP) is 4.65.